The highest BCUT2D eigenvalue weighted by atomic mass is 16.3. The number of nitrogens with one attached hydrogen (secondary N) is 2. The van der Waals surface area contributed by atoms with Gasteiger partial charge in [-0.25, -0.2) is 0 Å². The molecular formula is C18H34N2O. The summed E-state index contributed by atoms with van der Waals surface area (Å²) in [5.74, 6) is 1.59. The quantitative estimate of drug-likeness (QED) is 0.747. The van der Waals surface area contributed by atoms with Gasteiger partial charge < -0.3 is 15.7 Å². The Morgan fingerprint density at radius 3 is 2.52 bits per heavy atom. The summed E-state index contributed by atoms with van der Waals surface area (Å²) in [5, 5.41) is 18.3. The average molecular weight is 294 g/mol. The van der Waals surface area contributed by atoms with E-state index in [0.29, 0.717) is 6.04 Å². The second-order valence-corrected chi connectivity index (χ2v) is 8.05. The van der Waals surface area contributed by atoms with Gasteiger partial charge in [-0.15, -0.1) is 0 Å². The third-order valence-corrected chi connectivity index (χ3v) is 6.33. The van der Waals surface area contributed by atoms with Gasteiger partial charge in [-0.2, -0.15) is 0 Å². The van der Waals surface area contributed by atoms with Gasteiger partial charge in [-0.05, 0) is 69.7 Å². The molecule has 0 bridgehead atoms. The predicted octanol–water partition coefficient (Wildman–Crippen LogP) is 2.83. The lowest BCUT2D eigenvalue weighted by atomic mass is 9.77. The molecule has 3 rings (SSSR count). The van der Waals surface area contributed by atoms with E-state index in [2.05, 4.69) is 17.6 Å². The number of rotatable bonds is 4. The van der Waals surface area contributed by atoms with Gasteiger partial charge in [-0.1, -0.05) is 19.8 Å². The second kappa shape index (κ2) is 6.97. The van der Waals surface area contributed by atoms with Crippen LogP contribution >= 0.6 is 0 Å². The zero-order chi connectivity index (χ0) is 14.7. The van der Waals surface area contributed by atoms with Crippen LogP contribution in [-0.4, -0.2) is 35.9 Å². The zero-order valence-electron chi connectivity index (χ0n) is 13.7. The maximum atomic E-state index is 10.8. The molecule has 1 saturated heterocycles. The molecule has 21 heavy (non-hydrogen) atoms. The van der Waals surface area contributed by atoms with E-state index >= 15 is 0 Å². The molecule has 2 aliphatic carbocycles. The fourth-order valence-corrected chi connectivity index (χ4v) is 4.77. The standard InChI is InChI=1S/C18H34N2O/c1-14-8-10-18(21,11-9-14)13-20-17-6-3-2-5-15(17)16-7-4-12-19-16/h14-17,19-21H,2-13H2,1H3. The molecule has 3 N–H and O–H groups in total. The highest BCUT2D eigenvalue weighted by Gasteiger charge is 2.36. The minimum atomic E-state index is -0.433. The van der Waals surface area contributed by atoms with E-state index in [1.54, 1.807) is 0 Å². The van der Waals surface area contributed by atoms with Crippen molar-refractivity contribution < 1.29 is 5.11 Å². The SMILES string of the molecule is CC1CCC(O)(CNC2CCCCC2C2CCCN2)CC1. The van der Waals surface area contributed by atoms with Gasteiger partial charge in [0.05, 0.1) is 5.60 Å². The van der Waals surface area contributed by atoms with Gasteiger partial charge in [0.2, 0.25) is 0 Å². The first-order valence-electron chi connectivity index (χ1n) is 9.35. The number of hydrogen-bond acceptors (Lipinski definition) is 3. The molecule has 0 aromatic heterocycles. The van der Waals surface area contributed by atoms with E-state index in [1.165, 1.54) is 57.9 Å². The van der Waals surface area contributed by atoms with Crippen LogP contribution in [0.5, 0.6) is 0 Å². The maximum Gasteiger partial charge on any atom is 0.0771 e. The van der Waals surface area contributed by atoms with E-state index in [-0.39, 0.29) is 0 Å². The Morgan fingerprint density at radius 2 is 1.81 bits per heavy atom. The lowest BCUT2D eigenvalue weighted by molar-refractivity contribution is -0.0114. The lowest BCUT2D eigenvalue weighted by Crippen LogP contribution is -2.52. The van der Waals surface area contributed by atoms with Gasteiger partial charge in [-0.3, -0.25) is 0 Å². The molecule has 1 aliphatic heterocycles. The van der Waals surface area contributed by atoms with Crippen molar-refractivity contribution >= 4 is 0 Å². The van der Waals surface area contributed by atoms with Crippen molar-refractivity contribution in [2.45, 2.75) is 88.8 Å². The van der Waals surface area contributed by atoms with Gasteiger partial charge in [0.1, 0.15) is 0 Å². The summed E-state index contributed by atoms with van der Waals surface area (Å²) in [5.41, 5.74) is -0.433. The molecule has 0 radical (unpaired) electrons. The lowest BCUT2D eigenvalue weighted by Gasteiger charge is -2.40. The summed E-state index contributed by atoms with van der Waals surface area (Å²) >= 11 is 0. The van der Waals surface area contributed by atoms with Crippen molar-refractivity contribution in [1.82, 2.24) is 10.6 Å². The highest BCUT2D eigenvalue weighted by molar-refractivity contribution is 4.94. The average Bonchev–Trinajstić information content (AvgIpc) is 3.03. The van der Waals surface area contributed by atoms with Gasteiger partial charge in [0.25, 0.3) is 0 Å². The van der Waals surface area contributed by atoms with Gasteiger partial charge in [0.15, 0.2) is 0 Å². The Bertz CT molecular complexity index is 319. The summed E-state index contributed by atoms with van der Waals surface area (Å²) in [6, 6.07) is 1.35. The Kier molecular flexibility index (Phi) is 5.23. The third kappa shape index (κ3) is 4.00. The second-order valence-electron chi connectivity index (χ2n) is 8.05. The molecule has 3 fully saturated rings. The van der Waals surface area contributed by atoms with Gasteiger partial charge >= 0.3 is 0 Å². The van der Waals surface area contributed by atoms with Crippen LogP contribution in [-0.2, 0) is 0 Å². The van der Waals surface area contributed by atoms with Crippen molar-refractivity contribution in [3.8, 4) is 0 Å². The fourth-order valence-electron chi connectivity index (χ4n) is 4.77. The molecule has 0 aromatic carbocycles. The molecule has 0 aromatic rings. The smallest absolute Gasteiger partial charge is 0.0771 e. The van der Waals surface area contributed by atoms with Crippen LogP contribution in [0.3, 0.4) is 0 Å². The summed E-state index contributed by atoms with van der Waals surface area (Å²) < 4.78 is 0. The van der Waals surface area contributed by atoms with E-state index in [9.17, 15) is 5.11 Å². The maximum absolute atomic E-state index is 10.8. The number of aliphatic hydroxyl groups is 1. The monoisotopic (exact) mass is 294 g/mol. The van der Waals surface area contributed by atoms with E-state index in [0.717, 1.165) is 37.3 Å². The van der Waals surface area contributed by atoms with E-state index in [1.807, 2.05) is 0 Å². The van der Waals surface area contributed by atoms with Crippen LogP contribution in [0.4, 0.5) is 0 Å². The molecule has 0 amide bonds. The van der Waals surface area contributed by atoms with E-state index in [4.69, 9.17) is 0 Å². The van der Waals surface area contributed by atoms with Crippen LogP contribution in [0, 0.1) is 11.8 Å². The minimum absolute atomic E-state index is 0.433. The molecule has 122 valence electrons. The number of hydrogen-bond donors (Lipinski definition) is 3. The Hall–Kier alpha value is -0.120. The molecular weight excluding hydrogens is 260 g/mol. The van der Waals surface area contributed by atoms with Crippen LogP contribution in [0.2, 0.25) is 0 Å². The van der Waals surface area contributed by atoms with E-state index < -0.39 is 5.60 Å². The highest BCUT2D eigenvalue weighted by Crippen LogP contribution is 2.34. The Morgan fingerprint density at radius 1 is 1.05 bits per heavy atom. The van der Waals surface area contributed by atoms with Crippen molar-refractivity contribution in [2.24, 2.45) is 11.8 Å². The Labute approximate surface area is 130 Å². The molecule has 1 heterocycles. The largest absolute Gasteiger partial charge is 0.389 e. The molecule has 3 heteroatoms. The molecule has 3 nitrogen and oxygen atoms in total. The van der Waals surface area contributed by atoms with Crippen molar-refractivity contribution in [3.05, 3.63) is 0 Å². The Balaban J connectivity index is 1.52. The van der Waals surface area contributed by atoms with Crippen LogP contribution in [0.15, 0.2) is 0 Å². The summed E-state index contributed by atoms with van der Waals surface area (Å²) in [7, 11) is 0. The van der Waals surface area contributed by atoms with Crippen molar-refractivity contribution in [2.75, 3.05) is 13.1 Å². The zero-order valence-corrected chi connectivity index (χ0v) is 13.7. The third-order valence-electron chi connectivity index (χ3n) is 6.33. The fraction of sp³-hybridized carbons (Fsp3) is 1.00. The predicted molar refractivity (Wildman–Crippen MR) is 87.4 cm³/mol. The van der Waals surface area contributed by atoms with Crippen LogP contribution in [0.1, 0.15) is 71.1 Å². The first kappa shape index (κ1) is 15.8. The van der Waals surface area contributed by atoms with Crippen LogP contribution < -0.4 is 10.6 Å². The van der Waals surface area contributed by atoms with Gasteiger partial charge in [0, 0.05) is 18.6 Å². The molecule has 2 saturated carbocycles. The molecule has 0 spiro atoms. The minimum Gasteiger partial charge on any atom is -0.389 e. The van der Waals surface area contributed by atoms with Crippen molar-refractivity contribution in [1.29, 1.82) is 0 Å². The molecule has 3 atom stereocenters. The normalized spacial score (nSPS) is 44.9. The first-order valence-corrected chi connectivity index (χ1v) is 9.35. The van der Waals surface area contributed by atoms with Crippen molar-refractivity contribution in [3.63, 3.8) is 0 Å². The topological polar surface area (TPSA) is 44.3 Å². The summed E-state index contributed by atoms with van der Waals surface area (Å²) in [4.78, 5) is 0. The summed E-state index contributed by atoms with van der Waals surface area (Å²) in [6.07, 6.45) is 12.5. The first-order chi connectivity index (χ1) is 10.2. The van der Waals surface area contributed by atoms with Crippen LogP contribution in [0.25, 0.3) is 0 Å². The summed E-state index contributed by atoms with van der Waals surface area (Å²) in [6.45, 7) is 4.33. The molecule has 3 unspecified atom stereocenters. The molecule has 3 aliphatic rings.